The van der Waals surface area contributed by atoms with Gasteiger partial charge in [-0.05, 0) is 44.6 Å². The van der Waals surface area contributed by atoms with Crippen LogP contribution < -0.4 is 5.73 Å². The quantitative estimate of drug-likeness (QED) is 0.912. The monoisotopic (exact) mass is 312 g/mol. The van der Waals surface area contributed by atoms with E-state index in [9.17, 15) is 5.11 Å². The lowest BCUT2D eigenvalue weighted by Crippen LogP contribution is -2.19. The molecule has 3 nitrogen and oxygen atoms in total. The molecule has 5 heteroatoms. The average Bonchev–Trinajstić information content (AvgIpc) is 2.78. The minimum atomic E-state index is -0.591. The molecular formula is C12H13BrN2OS. The van der Waals surface area contributed by atoms with Crippen molar-refractivity contribution in [3.05, 3.63) is 50.9 Å². The molecule has 0 aromatic carbocycles. The van der Waals surface area contributed by atoms with Gasteiger partial charge < -0.3 is 10.8 Å². The molecule has 0 amide bonds. The average molecular weight is 313 g/mol. The summed E-state index contributed by atoms with van der Waals surface area (Å²) in [6, 6.07) is 5.72. The molecule has 0 bridgehead atoms. The highest BCUT2D eigenvalue weighted by atomic mass is 79.9. The molecule has 2 rings (SSSR count). The molecule has 2 aromatic rings. The van der Waals surface area contributed by atoms with E-state index in [-0.39, 0.29) is 5.92 Å². The largest absolute Gasteiger partial charge is 0.388 e. The van der Waals surface area contributed by atoms with Gasteiger partial charge in [-0.25, -0.2) is 0 Å². The number of aliphatic hydroxyl groups excluding tert-OH is 1. The highest BCUT2D eigenvalue weighted by molar-refractivity contribution is 9.11. The Labute approximate surface area is 112 Å². The van der Waals surface area contributed by atoms with E-state index in [1.165, 1.54) is 0 Å². The standard InChI is InChI=1S/C12H13BrN2OS/c13-11-4-9(7-17-11)12(16)10(5-14)8-2-1-3-15-6-8/h1-4,6-7,10,12,16H,5,14H2. The van der Waals surface area contributed by atoms with Gasteiger partial charge in [-0.1, -0.05) is 6.07 Å². The Morgan fingerprint density at radius 1 is 1.47 bits per heavy atom. The summed E-state index contributed by atoms with van der Waals surface area (Å²) in [6.45, 7) is 0.389. The van der Waals surface area contributed by atoms with Crippen molar-refractivity contribution in [3.63, 3.8) is 0 Å². The van der Waals surface area contributed by atoms with Crippen LogP contribution in [-0.4, -0.2) is 16.6 Å². The van der Waals surface area contributed by atoms with Crippen molar-refractivity contribution in [2.24, 2.45) is 5.73 Å². The Balaban J connectivity index is 2.25. The third-order valence-corrected chi connectivity index (χ3v) is 4.20. The van der Waals surface area contributed by atoms with Gasteiger partial charge >= 0.3 is 0 Å². The second-order valence-electron chi connectivity index (χ2n) is 3.76. The van der Waals surface area contributed by atoms with Crippen LogP contribution in [0.4, 0.5) is 0 Å². The van der Waals surface area contributed by atoms with Gasteiger partial charge in [0, 0.05) is 24.9 Å². The SMILES string of the molecule is NCC(c1cccnc1)C(O)c1csc(Br)c1. The molecule has 0 aliphatic rings. The lowest BCUT2D eigenvalue weighted by molar-refractivity contribution is 0.147. The van der Waals surface area contributed by atoms with E-state index in [1.54, 1.807) is 23.7 Å². The first-order chi connectivity index (χ1) is 8.22. The molecule has 2 atom stereocenters. The topological polar surface area (TPSA) is 59.1 Å². The zero-order chi connectivity index (χ0) is 12.3. The van der Waals surface area contributed by atoms with Crippen molar-refractivity contribution in [2.75, 3.05) is 6.54 Å². The number of thiophene rings is 1. The molecular weight excluding hydrogens is 300 g/mol. The van der Waals surface area contributed by atoms with E-state index < -0.39 is 6.10 Å². The summed E-state index contributed by atoms with van der Waals surface area (Å²) >= 11 is 4.95. The van der Waals surface area contributed by atoms with Crippen LogP contribution in [0.2, 0.25) is 0 Å². The Morgan fingerprint density at radius 3 is 2.82 bits per heavy atom. The molecule has 0 spiro atoms. The zero-order valence-electron chi connectivity index (χ0n) is 9.08. The molecule has 0 saturated heterocycles. The van der Waals surface area contributed by atoms with Crippen LogP contribution in [0, 0.1) is 0 Å². The molecule has 0 radical (unpaired) electrons. The molecule has 2 aromatic heterocycles. The first-order valence-electron chi connectivity index (χ1n) is 5.24. The molecule has 90 valence electrons. The van der Waals surface area contributed by atoms with E-state index in [1.807, 2.05) is 23.6 Å². The minimum Gasteiger partial charge on any atom is -0.388 e. The Bertz CT molecular complexity index is 474. The first kappa shape index (κ1) is 12.7. The second-order valence-corrected chi connectivity index (χ2v) is 6.05. The smallest absolute Gasteiger partial charge is 0.0879 e. The van der Waals surface area contributed by atoms with Crippen LogP contribution in [-0.2, 0) is 0 Å². The molecule has 0 aliphatic carbocycles. The van der Waals surface area contributed by atoms with Crippen LogP contribution in [0.25, 0.3) is 0 Å². The Morgan fingerprint density at radius 2 is 2.29 bits per heavy atom. The van der Waals surface area contributed by atoms with E-state index in [2.05, 4.69) is 20.9 Å². The molecule has 0 saturated carbocycles. The number of halogens is 1. The summed E-state index contributed by atoms with van der Waals surface area (Å²) in [5, 5.41) is 12.3. The molecule has 0 fully saturated rings. The normalized spacial score (nSPS) is 14.5. The fourth-order valence-electron chi connectivity index (χ4n) is 1.75. The molecule has 2 unspecified atom stereocenters. The fourth-order valence-corrected chi connectivity index (χ4v) is 2.96. The molecule has 2 heterocycles. The van der Waals surface area contributed by atoms with Crippen molar-refractivity contribution in [2.45, 2.75) is 12.0 Å². The van der Waals surface area contributed by atoms with Crippen LogP contribution in [0.15, 0.2) is 39.8 Å². The maximum atomic E-state index is 10.3. The molecule has 0 aliphatic heterocycles. The summed E-state index contributed by atoms with van der Waals surface area (Å²) in [6.07, 6.45) is 2.87. The zero-order valence-corrected chi connectivity index (χ0v) is 11.5. The van der Waals surface area contributed by atoms with Crippen LogP contribution in [0.3, 0.4) is 0 Å². The van der Waals surface area contributed by atoms with Gasteiger partial charge in [0.25, 0.3) is 0 Å². The number of aromatic nitrogens is 1. The lowest BCUT2D eigenvalue weighted by Gasteiger charge is -2.20. The molecule has 3 N–H and O–H groups in total. The summed E-state index contributed by atoms with van der Waals surface area (Å²) in [5.74, 6) is -0.120. The number of aliphatic hydroxyl groups is 1. The second kappa shape index (κ2) is 5.73. The predicted molar refractivity (Wildman–Crippen MR) is 73.0 cm³/mol. The summed E-state index contributed by atoms with van der Waals surface area (Å²) in [4.78, 5) is 4.06. The summed E-state index contributed by atoms with van der Waals surface area (Å²) < 4.78 is 1.01. The van der Waals surface area contributed by atoms with Crippen molar-refractivity contribution in [1.82, 2.24) is 4.98 Å². The third-order valence-electron chi connectivity index (χ3n) is 2.68. The highest BCUT2D eigenvalue weighted by Crippen LogP contribution is 2.33. The van der Waals surface area contributed by atoms with E-state index in [0.29, 0.717) is 6.54 Å². The van der Waals surface area contributed by atoms with Crippen LogP contribution in [0.1, 0.15) is 23.1 Å². The van der Waals surface area contributed by atoms with E-state index in [0.717, 1.165) is 14.9 Å². The summed E-state index contributed by atoms with van der Waals surface area (Å²) in [5.41, 5.74) is 7.61. The summed E-state index contributed by atoms with van der Waals surface area (Å²) in [7, 11) is 0. The number of hydrogen-bond acceptors (Lipinski definition) is 4. The van der Waals surface area contributed by atoms with Gasteiger partial charge in [-0.3, -0.25) is 4.98 Å². The van der Waals surface area contributed by atoms with Crippen molar-refractivity contribution >= 4 is 27.3 Å². The third kappa shape index (κ3) is 2.93. The highest BCUT2D eigenvalue weighted by Gasteiger charge is 2.22. The lowest BCUT2D eigenvalue weighted by atomic mass is 9.91. The van der Waals surface area contributed by atoms with Crippen LogP contribution >= 0.6 is 27.3 Å². The number of nitrogens with two attached hydrogens (primary N) is 1. The number of pyridine rings is 1. The van der Waals surface area contributed by atoms with E-state index in [4.69, 9.17) is 5.73 Å². The van der Waals surface area contributed by atoms with Gasteiger partial charge in [-0.2, -0.15) is 0 Å². The maximum absolute atomic E-state index is 10.3. The van der Waals surface area contributed by atoms with Gasteiger partial charge in [0.1, 0.15) is 0 Å². The number of nitrogens with zero attached hydrogens (tertiary/aromatic N) is 1. The Kier molecular flexibility index (Phi) is 4.28. The first-order valence-corrected chi connectivity index (χ1v) is 6.91. The molecule has 17 heavy (non-hydrogen) atoms. The van der Waals surface area contributed by atoms with Gasteiger partial charge in [0.2, 0.25) is 0 Å². The van der Waals surface area contributed by atoms with Crippen molar-refractivity contribution < 1.29 is 5.11 Å². The predicted octanol–water partition coefficient (Wildman–Crippen LogP) is 2.68. The maximum Gasteiger partial charge on any atom is 0.0879 e. The van der Waals surface area contributed by atoms with Crippen LogP contribution in [0.5, 0.6) is 0 Å². The van der Waals surface area contributed by atoms with Crippen molar-refractivity contribution in [3.8, 4) is 0 Å². The van der Waals surface area contributed by atoms with Gasteiger partial charge in [0.05, 0.1) is 9.89 Å². The number of rotatable bonds is 4. The van der Waals surface area contributed by atoms with Crippen molar-refractivity contribution in [1.29, 1.82) is 0 Å². The minimum absolute atomic E-state index is 0.120. The fraction of sp³-hybridized carbons (Fsp3) is 0.250. The van der Waals surface area contributed by atoms with Gasteiger partial charge in [0.15, 0.2) is 0 Å². The van der Waals surface area contributed by atoms with Gasteiger partial charge in [-0.15, -0.1) is 11.3 Å². The number of hydrogen-bond donors (Lipinski definition) is 2. The Hall–Kier alpha value is -0.750. The van der Waals surface area contributed by atoms with E-state index >= 15 is 0 Å².